The van der Waals surface area contributed by atoms with Gasteiger partial charge in [0, 0.05) is 23.9 Å². The molecular formula is C14H12BrN3O3. The number of nitrogens with zero attached hydrogens (tertiary/aromatic N) is 1. The molecule has 0 fully saturated rings. The number of carbonyl (C=O) groups is 1. The van der Waals surface area contributed by atoms with Crippen molar-refractivity contribution in [2.24, 2.45) is 5.73 Å². The third kappa shape index (κ3) is 3.79. The Labute approximate surface area is 129 Å². The maximum Gasteiger partial charge on any atom is 0.285 e. The molecule has 0 radical (unpaired) electrons. The maximum absolute atomic E-state index is 11.0. The lowest BCUT2D eigenvalue weighted by Gasteiger charge is -2.07. The largest absolute Gasteiger partial charge is 0.381 e. The number of hydrogen-bond acceptors (Lipinski definition) is 4. The molecule has 0 aliphatic carbocycles. The smallest absolute Gasteiger partial charge is 0.285 e. The van der Waals surface area contributed by atoms with Gasteiger partial charge in [-0.25, -0.2) is 0 Å². The number of nitrogens with two attached hydrogens (primary N) is 1. The Morgan fingerprint density at radius 1 is 1.24 bits per heavy atom. The molecule has 2 aromatic carbocycles. The molecule has 2 rings (SSSR count). The number of benzene rings is 2. The van der Waals surface area contributed by atoms with Gasteiger partial charge in [-0.15, -0.1) is 0 Å². The van der Waals surface area contributed by atoms with Crippen LogP contribution >= 0.6 is 15.9 Å². The fourth-order valence-electron chi connectivity index (χ4n) is 1.75. The first-order chi connectivity index (χ1) is 9.97. The summed E-state index contributed by atoms with van der Waals surface area (Å²) < 4.78 is 0.434. The molecular weight excluding hydrogens is 338 g/mol. The Bertz CT molecular complexity index is 686. The molecule has 0 aromatic heterocycles. The zero-order valence-electron chi connectivity index (χ0n) is 10.9. The molecule has 2 aromatic rings. The van der Waals surface area contributed by atoms with Crippen LogP contribution in [0.25, 0.3) is 0 Å². The highest BCUT2D eigenvalue weighted by molar-refractivity contribution is 9.10. The lowest BCUT2D eigenvalue weighted by Crippen LogP contribution is -2.10. The quantitative estimate of drug-likeness (QED) is 0.640. The van der Waals surface area contributed by atoms with Crippen molar-refractivity contribution in [2.75, 3.05) is 5.32 Å². The van der Waals surface area contributed by atoms with E-state index in [0.717, 1.165) is 5.56 Å². The van der Waals surface area contributed by atoms with Crippen molar-refractivity contribution < 1.29 is 9.72 Å². The van der Waals surface area contributed by atoms with Gasteiger partial charge >= 0.3 is 0 Å². The van der Waals surface area contributed by atoms with Crippen molar-refractivity contribution >= 4 is 33.2 Å². The first-order valence-electron chi connectivity index (χ1n) is 6.04. The van der Waals surface area contributed by atoms with Crippen LogP contribution in [0.2, 0.25) is 0 Å². The van der Waals surface area contributed by atoms with Crippen LogP contribution in [0.5, 0.6) is 0 Å². The molecule has 1 amide bonds. The van der Waals surface area contributed by atoms with Crippen LogP contribution in [0.3, 0.4) is 0 Å². The summed E-state index contributed by atoms with van der Waals surface area (Å²) in [5.74, 6) is -0.474. The predicted octanol–water partition coefficient (Wildman–Crippen LogP) is 3.07. The van der Waals surface area contributed by atoms with Crippen molar-refractivity contribution in [3.63, 3.8) is 0 Å². The van der Waals surface area contributed by atoms with Crippen molar-refractivity contribution in [3.05, 3.63) is 68.2 Å². The first kappa shape index (κ1) is 15.0. The van der Waals surface area contributed by atoms with E-state index in [2.05, 4.69) is 21.2 Å². The summed E-state index contributed by atoms with van der Waals surface area (Å²) in [6.45, 7) is 0.484. The van der Waals surface area contributed by atoms with Crippen LogP contribution in [0.4, 0.5) is 11.4 Å². The van der Waals surface area contributed by atoms with Crippen molar-refractivity contribution in [3.8, 4) is 0 Å². The minimum absolute atomic E-state index is 0.00377. The molecule has 0 spiro atoms. The van der Waals surface area contributed by atoms with Gasteiger partial charge in [0.1, 0.15) is 0 Å². The number of rotatable bonds is 5. The van der Waals surface area contributed by atoms with E-state index in [1.165, 1.54) is 6.07 Å². The van der Waals surface area contributed by atoms with Gasteiger partial charge in [0.2, 0.25) is 5.91 Å². The second-order valence-electron chi connectivity index (χ2n) is 4.34. The number of nitro groups is 1. The third-order valence-electron chi connectivity index (χ3n) is 2.88. The second-order valence-corrected chi connectivity index (χ2v) is 5.19. The summed E-state index contributed by atoms with van der Waals surface area (Å²) in [6.07, 6.45) is 0. The van der Waals surface area contributed by atoms with E-state index >= 15 is 0 Å². The number of primary amides is 1. The molecule has 3 N–H and O–H groups in total. The average molecular weight is 350 g/mol. The molecule has 21 heavy (non-hydrogen) atoms. The lowest BCUT2D eigenvalue weighted by molar-refractivity contribution is -0.385. The molecule has 0 saturated heterocycles. The molecule has 7 heteroatoms. The first-order valence-corrected chi connectivity index (χ1v) is 6.83. The second kappa shape index (κ2) is 6.36. The van der Waals surface area contributed by atoms with Gasteiger partial charge in [0.15, 0.2) is 0 Å². The van der Waals surface area contributed by atoms with E-state index in [0.29, 0.717) is 22.3 Å². The molecule has 108 valence electrons. The van der Waals surface area contributed by atoms with Crippen LogP contribution in [0.15, 0.2) is 46.9 Å². The monoisotopic (exact) mass is 349 g/mol. The minimum Gasteiger partial charge on any atom is -0.381 e. The Morgan fingerprint density at radius 2 is 1.90 bits per heavy atom. The fourth-order valence-corrected chi connectivity index (χ4v) is 2.14. The molecule has 0 aliphatic rings. The van der Waals surface area contributed by atoms with E-state index in [1.807, 2.05) is 0 Å². The molecule has 0 bridgehead atoms. The standard InChI is InChI=1S/C14H12BrN3O3/c15-12-6-5-11(7-13(12)18(20)21)17-8-9-1-3-10(4-2-9)14(16)19/h1-7,17H,8H2,(H2,16,19). The SMILES string of the molecule is NC(=O)c1ccc(CNc2ccc(Br)c([N+](=O)[O-])c2)cc1. The summed E-state index contributed by atoms with van der Waals surface area (Å²) >= 11 is 3.14. The third-order valence-corrected chi connectivity index (χ3v) is 3.55. The predicted molar refractivity (Wildman–Crippen MR) is 83.1 cm³/mol. The molecule has 0 aliphatic heterocycles. The molecule has 6 nitrogen and oxygen atoms in total. The zero-order valence-corrected chi connectivity index (χ0v) is 12.5. The number of hydrogen-bond donors (Lipinski definition) is 2. The van der Waals surface area contributed by atoms with Gasteiger partial charge in [-0.05, 0) is 45.8 Å². The van der Waals surface area contributed by atoms with Gasteiger partial charge in [-0.3, -0.25) is 14.9 Å². The minimum atomic E-state index is -0.474. The normalized spacial score (nSPS) is 10.1. The van der Waals surface area contributed by atoms with E-state index in [1.54, 1.807) is 36.4 Å². The summed E-state index contributed by atoms with van der Waals surface area (Å²) in [4.78, 5) is 21.4. The van der Waals surface area contributed by atoms with Crippen LogP contribution in [0.1, 0.15) is 15.9 Å². The van der Waals surface area contributed by atoms with Gasteiger partial charge in [0.25, 0.3) is 5.69 Å². The van der Waals surface area contributed by atoms with Crippen LogP contribution in [-0.4, -0.2) is 10.8 Å². The lowest BCUT2D eigenvalue weighted by atomic mass is 10.1. The molecule has 0 saturated carbocycles. The number of carbonyl (C=O) groups excluding carboxylic acids is 1. The van der Waals surface area contributed by atoms with Gasteiger partial charge in [-0.2, -0.15) is 0 Å². The van der Waals surface area contributed by atoms with E-state index < -0.39 is 10.8 Å². The maximum atomic E-state index is 11.0. The van der Waals surface area contributed by atoms with Gasteiger partial charge in [-0.1, -0.05) is 12.1 Å². The highest BCUT2D eigenvalue weighted by Gasteiger charge is 2.12. The van der Waals surface area contributed by atoms with Crippen molar-refractivity contribution in [1.29, 1.82) is 0 Å². The van der Waals surface area contributed by atoms with Crippen LogP contribution in [-0.2, 0) is 6.54 Å². The Kier molecular flexibility index (Phi) is 4.54. The summed E-state index contributed by atoms with van der Waals surface area (Å²) in [5.41, 5.74) is 7.19. The highest BCUT2D eigenvalue weighted by Crippen LogP contribution is 2.28. The Morgan fingerprint density at radius 3 is 2.48 bits per heavy atom. The van der Waals surface area contributed by atoms with E-state index in [-0.39, 0.29) is 5.69 Å². The van der Waals surface area contributed by atoms with Gasteiger partial charge in [0.05, 0.1) is 9.40 Å². The summed E-state index contributed by atoms with van der Waals surface area (Å²) in [7, 11) is 0. The fraction of sp³-hybridized carbons (Fsp3) is 0.0714. The number of halogens is 1. The average Bonchev–Trinajstić information content (AvgIpc) is 2.46. The van der Waals surface area contributed by atoms with Crippen LogP contribution < -0.4 is 11.1 Å². The summed E-state index contributed by atoms with van der Waals surface area (Å²) in [5, 5.41) is 13.9. The van der Waals surface area contributed by atoms with E-state index in [4.69, 9.17) is 5.73 Å². The highest BCUT2D eigenvalue weighted by atomic mass is 79.9. The number of anilines is 1. The Balaban J connectivity index is 2.07. The molecule has 0 unspecified atom stereocenters. The van der Waals surface area contributed by atoms with Crippen LogP contribution in [0, 0.1) is 10.1 Å². The number of nitro benzene ring substituents is 1. The van der Waals surface area contributed by atoms with Crippen molar-refractivity contribution in [2.45, 2.75) is 6.54 Å². The molecule has 0 heterocycles. The van der Waals surface area contributed by atoms with E-state index in [9.17, 15) is 14.9 Å². The van der Waals surface area contributed by atoms with Gasteiger partial charge < -0.3 is 11.1 Å². The number of amides is 1. The zero-order chi connectivity index (χ0) is 15.4. The topological polar surface area (TPSA) is 98.3 Å². The Hall–Kier alpha value is -2.41. The summed E-state index contributed by atoms with van der Waals surface area (Å²) in [6, 6.07) is 11.7. The number of nitrogens with one attached hydrogen (secondary N) is 1. The molecule has 0 atom stereocenters. The van der Waals surface area contributed by atoms with Crippen molar-refractivity contribution in [1.82, 2.24) is 0 Å².